The van der Waals surface area contributed by atoms with Gasteiger partial charge in [-0.3, -0.25) is 9.88 Å². The molecule has 2 aromatic rings. The van der Waals surface area contributed by atoms with Gasteiger partial charge in [0.15, 0.2) is 0 Å². The molecule has 0 bridgehead atoms. The Bertz CT molecular complexity index is 742. The van der Waals surface area contributed by atoms with E-state index >= 15 is 0 Å². The van der Waals surface area contributed by atoms with Crippen molar-refractivity contribution >= 4 is 22.6 Å². The van der Waals surface area contributed by atoms with Gasteiger partial charge in [-0.2, -0.15) is 0 Å². The van der Waals surface area contributed by atoms with Crippen molar-refractivity contribution in [2.45, 2.75) is 13.8 Å². The Kier molecular flexibility index (Phi) is 5.83. The Morgan fingerprint density at radius 3 is 2.92 bits per heavy atom. The standard InChI is InChI=1S/C19H25N3O3/c1-3-25-19(23)16-13-21-17-5-4-14(2)12-15(17)18(16)20-6-7-22-8-10-24-11-9-22/h4-5,12-13H,3,6-11H2,1-2H3,(H,20,21). The van der Waals surface area contributed by atoms with Crippen LogP contribution in [0.25, 0.3) is 10.9 Å². The van der Waals surface area contributed by atoms with Gasteiger partial charge < -0.3 is 14.8 Å². The molecule has 1 aliphatic heterocycles. The van der Waals surface area contributed by atoms with Crippen molar-refractivity contribution in [1.29, 1.82) is 0 Å². The summed E-state index contributed by atoms with van der Waals surface area (Å²) in [6, 6.07) is 6.06. The molecule has 1 aromatic carbocycles. The minimum absolute atomic E-state index is 0.340. The molecule has 25 heavy (non-hydrogen) atoms. The van der Waals surface area contributed by atoms with Crippen molar-refractivity contribution in [3.63, 3.8) is 0 Å². The third-order valence-corrected chi connectivity index (χ3v) is 4.35. The number of hydrogen-bond donors (Lipinski definition) is 1. The minimum atomic E-state index is -0.340. The molecule has 0 unspecified atom stereocenters. The summed E-state index contributed by atoms with van der Waals surface area (Å²) in [5.41, 5.74) is 3.29. The molecular weight excluding hydrogens is 318 g/mol. The molecular formula is C19H25N3O3. The number of nitrogens with zero attached hydrogens (tertiary/aromatic N) is 2. The number of hydrogen-bond acceptors (Lipinski definition) is 6. The van der Waals surface area contributed by atoms with E-state index in [0.29, 0.717) is 12.2 Å². The summed E-state index contributed by atoms with van der Waals surface area (Å²) in [7, 11) is 0. The molecule has 6 heteroatoms. The third-order valence-electron chi connectivity index (χ3n) is 4.35. The average Bonchev–Trinajstić information content (AvgIpc) is 2.63. The van der Waals surface area contributed by atoms with Crippen LogP contribution in [0.15, 0.2) is 24.4 Å². The number of aromatic nitrogens is 1. The number of nitrogens with one attached hydrogen (secondary N) is 1. The Hall–Kier alpha value is -2.18. The number of carbonyl (C=O) groups is 1. The average molecular weight is 343 g/mol. The molecule has 1 saturated heterocycles. The topological polar surface area (TPSA) is 63.7 Å². The van der Waals surface area contributed by atoms with Gasteiger partial charge in [0.1, 0.15) is 5.56 Å². The predicted molar refractivity (Wildman–Crippen MR) is 98.2 cm³/mol. The maximum Gasteiger partial charge on any atom is 0.341 e. The molecule has 134 valence electrons. The molecule has 0 spiro atoms. The van der Waals surface area contributed by atoms with Crippen LogP contribution in [-0.2, 0) is 9.47 Å². The van der Waals surface area contributed by atoms with Gasteiger partial charge in [0.25, 0.3) is 0 Å². The normalized spacial score (nSPS) is 15.3. The molecule has 2 heterocycles. The molecule has 0 radical (unpaired) electrons. The number of aryl methyl sites for hydroxylation is 1. The number of rotatable bonds is 6. The monoisotopic (exact) mass is 343 g/mol. The first-order valence-electron chi connectivity index (χ1n) is 8.79. The fourth-order valence-corrected chi connectivity index (χ4v) is 3.02. The van der Waals surface area contributed by atoms with Gasteiger partial charge in [-0.05, 0) is 26.0 Å². The van der Waals surface area contributed by atoms with E-state index in [1.54, 1.807) is 6.20 Å². The first-order valence-corrected chi connectivity index (χ1v) is 8.79. The maximum atomic E-state index is 12.3. The zero-order valence-corrected chi connectivity index (χ0v) is 14.9. The number of morpholine rings is 1. The summed E-state index contributed by atoms with van der Waals surface area (Å²) >= 11 is 0. The van der Waals surface area contributed by atoms with Gasteiger partial charge in [-0.15, -0.1) is 0 Å². The molecule has 0 atom stereocenters. The zero-order chi connectivity index (χ0) is 17.6. The summed E-state index contributed by atoms with van der Waals surface area (Å²) in [6.07, 6.45) is 1.60. The first kappa shape index (κ1) is 17.6. The molecule has 1 aliphatic rings. The highest BCUT2D eigenvalue weighted by Crippen LogP contribution is 2.27. The molecule has 1 fully saturated rings. The van der Waals surface area contributed by atoms with Crippen molar-refractivity contribution in [1.82, 2.24) is 9.88 Å². The zero-order valence-electron chi connectivity index (χ0n) is 14.9. The molecule has 1 aromatic heterocycles. The van der Waals surface area contributed by atoms with Crippen LogP contribution in [0.5, 0.6) is 0 Å². The number of esters is 1. The molecule has 0 aliphatic carbocycles. The number of benzene rings is 1. The number of ether oxygens (including phenoxy) is 2. The van der Waals surface area contributed by atoms with E-state index in [1.165, 1.54) is 0 Å². The Balaban J connectivity index is 1.84. The SMILES string of the molecule is CCOC(=O)c1cnc2ccc(C)cc2c1NCCN1CCOCC1. The summed E-state index contributed by atoms with van der Waals surface area (Å²) in [4.78, 5) is 19.1. The lowest BCUT2D eigenvalue weighted by molar-refractivity contribution is 0.0398. The first-order chi connectivity index (χ1) is 12.2. The van der Waals surface area contributed by atoms with Crippen LogP contribution in [0.1, 0.15) is 22.8 Å². The van der Waals surface area contributed by atoms with Crippen LogP contribution in [0.3, 0.4) is 0 Å². The smallest absolute Gasteiger partial charge is 0.341 e. The number of pyridine rings is 1. The highest BCUT2D eigenvalue weighted by atomic mass is 16.5. The van der Waals surface area contributed by atoms with E-state index in [-0.39, 0.29) is 5.97 Å². The van der Waals surface area contributed by atoms with Gasteiger partial charge in [0, 0.05) is 37.8 Å². The maximum absolute atomic E-state index is 12.3. The summed E-state index contributed by atoms with van der Waals surface area (Å²) < 4.78 is 10.6. The highest BCUT2D eigenvalue weighted by Gasteiger charge is 2.17. The lowest BCUT2D eigenvalue weighted by Crippen LogP contribution is -2.39. The van der Waals surface area contributed by atoms with E-state index in [4.69, 9.17) is 9.47 Å². The Morgan fingerprint density at radius 2 is 2.16 bits per heavy atom. The highest BCUT2D eigenvalue weighted by molar-refractivity contribution is 6.05. The molecule has 3 rings (SSSR count). The van der Waals surface area contributed by atoms with E-state index in [1.807, 2.05) is 26.0 Å². The van der Waals surface area contributed by atoms with Gasteiger partial charge in [0.2, 0.25) is 0 Å². The minimum Gasteiger partial charge on any atom is -0.462 e. The summed E-state index contributed by atoms with van der Waals surface area (Å²) in [5, 5.41) is 4.40. The van der Waals surface area contributed by atoms with Crippen LogP contribution in [0.2, 0.25) is 0 Å². The second kappa shape index (κ2) is 8.27. The third kappa shape index (κ3) is 4.27. The quantitative estimate of drug-likeness (QED) is 0.813. The van der Waals surface area contributed by atoms with E-state index < -0.39 is 0 Å². The van der Waals surface area contributed by atoms with Gasteiger partial charge in [-0.1, -0.05) is 11.6 Å². The lowest BCUT2D eigenvalue weighted by atomic mass is 10.1. The number of carbonyl (C=O) groups excluding carboxylic acids is 1. The van der Waals surface area contributed by atoms with Crippen molar-refractivity contribution in [3.8, 4) is 0 Å². The van der Waals surface area contributed by atoms with E-state index in [9.17, 15) is 4.79 Å². The van der Waals surface area contributed by atoms with Crippen molar-refractivity contribution < 1.29 is 14.3 Å². The second-order valence-electron chi connectivity index (χ2n) is 6.17. The molecule has 0 saturated carbocycles. The van der Waals surface area contributed by atoms with E-state index in [0.717, 1.165) is 61.5 Å². The van der Waals surface area contributed by atoms with Crippen LogP contribution in [0, 0.1) is 6.92 Å². The van der Waals surface area contributed by atoms with Crippen molar-refractivity contribution in [2.24, 2.45) is 0 Å². The predicted octanol–water partition coefficient (Wildman–Crippen LogP) is 2.46. The number of fused-ring (bicyclic) bond motifs is 1. The summed E-state index contributed by atoms with van der Waals surface area (Å²) in [5.74, 6) is -0.340. The molecule has 1 N–H and O–H groups in total. The van der Waals surface area contributed by atoms with Gasteiger partial charge >= 0.3 is 5.97 Å². The molecule has 0 amide bonds. The lowest BCUT2D eigenvalue weighted by Gasteiger charge is -2.27. The van der Waals surface area contributed by atoms with Crippen LogP contribution >= 0.6 is 0 Å². The fourth-order valence-electron chi connectivity index (χ4n) is 3.02. The summed E-state index contributed by atoms with van der Waals surface area (Å²) in [6.45, 7) is 9.30. The van der Waals surface area contributed by atoms with Crippen LogP contribution in [-0.4, -0.2) is 61.9 Å². The fraction of sp³-hybridized carbons (Fsp3) is 0.474. The Morgan fingerprint density at radius 1 is 1.36 bits per heavy atom. The van der Waals surface area contributed by atoms with Gasteiger partial charge in [-0.25, -0.2) is 4.79 Å². The van der Waals surface area contributed by atoms with E-state index in [2.05, 4.69) is 21.3 Å². The van der Waals surface area contributed by atoms with Crippen molar-refractivity contribution in [2.75, 3.05) is 51.3 Å². The van der Waals surface area contributed by atoms with Crippen molar-refractivity contribution in [3.05, 3.63) is 35.5 Å². The van der Waals surface area contributed by atoms with Crippen LogP contribution < -0.4 is 5.32 Å². The largest absolute Gasteiger partial charge is 0.462 e. The van der Waals surface area contributed by atoms with Crippen LogP contribution in [0.4, 0.5) is 5.69 Å². The molecule has 6 nitrogen and oxygen atoms in total. The van der Waals surface area contributed by atoms with Gasteiger partial charge in [0.05, 0.1) is 31.0 Å². The number of anilines is 1. The Labute approximate surface area is 148 Å². The second-order valence-corrected chi connectivity index (χ2v) is 6.17.